The summed E-state index contributed by atoms with van der Waals surface area (Å²) in [6.07, 6.45) is 1.51. The second kappa shape index (κ2) is 4.94. The predicted octanol–water partition coefficient (Wildman–Crippen LogP) is 3.40. The van der Waals surface area contributed by atoms with E-state index in [1.54, 1.807) is 4.68 Å². The summed E-state index contributed by atoms with van der Waals surface area (Å²) in [5.74, 6) is -0.0776. The van der Waals surface area contributed by atoms with Gasteiger partial charge in [-0.25, -0.2) is 0 Å². The van der Waals surface area contributed by atoms with Crippen LogP contribution in [0.25, 0.3) is 0 Å². The maximum absolute atomic E-state index is 12.5. The van der Waals surface area contributed by atoms with Gasteiger partial charge in [-0.3, -0.25) is 9.48 Å². The van der Waals surface area contributed by atoms with Gasteiger partial charge in [-0.2, -0.15) is 5.10 Å². The van der Waals surface area contributed by atoms with Crippen molar-refractivity contribution in [3.05, 3.63) is 51.8 Å². The fourth-order valence-corrected chi connectivity index (χ4v) is 2.30. The SMILES string of the molecule is CCn1ncc(Cl)c1C(=O)c1cc(C)cc(C)c1. The molecule has 4 heteroatoms. The summed E-state index contributed by atoms with van der Waals surface area (Å²) in [6, 6.07) is 5.78. The van der Waals surface area contributed by atoms with Crippen LogP contribution in [0.5, 0.6) is 0 Å². The number of aryl methyl sites for hydroxylation is 3. The first-order valence-electron chi connectivity index (χ1n) is 5.87. The molecule has 3 nitrogen and oxygen atoms in total. The normalized spacial score (nSPS) is 10.7. The summed E-state index contributed by atoms with van der Waals surface area (Å²) in [7, 11) is 0. The van der Waals surface area contributed by atoms with E-state index in [1.807, 2.05) is 39.0 Å². The Morgan fingerprint density at radius 1 is 1.28 bits per heavy atom. The molecule has 0 amide bonds. The minimum absolute atomic E-state index is 0.0776. The smallest absolute Gasteiger partial charge is 0.212 e. The zero-order valence-electron chi connectivity index (χ0n) is 10.7. The van der Waals surface area contributed by atoms with Crippen LogP contribution in [0.1, 0.15) is 34.1 Å². The van der Waals surface area contributed by atoms with E-state index < -0.39 is 0 Å². The minimum Gasteiger partial charge on any atom is -0.287 e. The first-order valence-corrected chi connectivity index (χ1v) is 6.25. The Morgan fingerprint density at radius 3 is 2.44 bits per heavy atom. The van der Waals surface area contributed by atoms with Crippen molar-refractivity contribution in [2.75, 3.05) is 0 Å². The Kier molecular flexibility index (Phi) is 3.53. The molecule has 2 aromatic rings. The predicted molar refractivity (Wildman–Crippen MR) is 72.3 cm³/mol. The molecule has 0 atom stereocenters. The number of benzene rings is 1. The average Bonchev–Trinajstić information content (AvgIpc) is 2.68. The molecule has 0 aliphatic heterocycles. The number of carbonyl (C=O) groups is 1. The van der Waals surface area contributed by atoms with Gasteiger partial charge >= 0.3 is 0 Å². The van der Waals surface area contributed by atoms with Crippen LogP contribution < -0.4 is 0 Å². The molecule has 0 fully saturated rings. The molecule has 0 spiro atoms. The van der Waals surface area contributed by atoms with Crippen LogP contribution in [0.3, 0.4) is 0 Å². The van der Waals surface area contributed by atoms with Gasteiger partial charge < -0.3 is 0 Å². The van der Waals surface area contributed by atoms with Crippen LogP contribution in [0.4, 0.5) is 0 Å². The van der Waals surface area contributed by atoms with Crippen LogP contribution in [-0.4, -0.2) is 15.6 Å². The number of ketones is 1. The third-order valence-electron chi connectivity index (χ3n) is 2.79. The molecule has 18 heavy (non-hydrogen) atoms. The molecule has 1 heterocycles. The van der Waals surface area contributed by atoms with E-state index in [4.69, 9.17) is 11.6 Å². The minimum atomic E-state index is -0.0776. The third kappa shape index (κ3) is 2.31. The monoisotopic (exact) mass is 262 g/mol. The van der Waals surface area contributed by atoms with Gasteiger partial charge in [0.2, 0.25) is 5.78 Å². The van der Waals surface area contributed by atoms with Crippen molar-refractivity contribution in [1.29, 1.82) is 0 Å². The number of carbonyl (C=O) groups excluding carboxylic acids is 1. The summed E-state index contributed by atoms with van der Waals surface area (Å²) in [5, 5.41) is 4.49. The first kappa shape index (κ1) is 12.8. The fourth-order valence-electron chi connectivity index (χ4n) is 2.07. The second-order valence-corrected chi connectivity index (χ2v) is 4.77. The maximum Gasteiger partial charge on any atom is 0.212 e. The third-order valence-corrected chi connectivity index (χ3v) is 3.07. The summed E-state index contributed by atoms with van der Waals surface area (Å²) in [6.45, 7) is 6.51. The number of hydrogen-bond acceptors (Lipinski definition) is 2. The highest BCUT2D eigenvalue weighted by Gasteiger charge is 2.18. The zero-order chi connectivity index (χ0) is 13.3. The van der Waals surface area contributed by atoms with Crippen molar-refractivity contribution in [3.8, 4) is 0 Å². The van der Waals surface area contributed by atoms with Crippen molar-refractivity contribution in [2.45, 2.75) is 27.3 Å². The number of rotatable bonds is 3. The van der Waals surface area contributed by atoms with Gasteiger partial charge in [-0.1, -0.05) is 28.8 Å². The lowest BCUT2D eigenvalue weighted by Crippen LogP contribution is -2.11. The molecule has 0 unspecified atom stereocenters. The van der Waals surface area contributed by atoms with E-state index in [2.05, 4.69) is 5.10 Å². The van der Waals surface area contributed by atoms with Crippen molar-refractivity contribution in [1.82, 2.24) is 9.78 Å². The average molecular weight is 263 g/mol. The molecule has 1 aromatic heterocycles. The van der Waals surface area contributed by atoms with Gasteiger partial charge in [0.1, 0.15) is 5.69 Å². The first-order chi connectivity index (χ1) is 8.52. The van der Waals surface area contributed by atoms with Crippen LogP contribution in [0.15, 0.2) is 24.4 Å². The van der Waals surface area contributed by atoms with Gasteiger partial charge in [-0.15, -0.1) is 0 Å². The van der Waals surface area contributed by atoms with Crippen LogP contribution >= 0.6 is 11.6 Å². The van der Waals surface area contributed by atoms with Gasteiger partial charge in [0.05, 0.1) is 11.2 Å². The largest absolute Gasteiger partial charge is 0.287 e. The van der Waals surface area contributed by atoms with E-state index in [-0.39, 0.29) is 5.78 Å². The van der Waals surface area contributed by atoms with Crippen molar-refractivity contribution in [3.63, 3.8) is 0 Å². The summed E-state index contributed by atoms with van der Waals surface area (Å²) in [4.78, 5) is 12.5. The Balaban J connectivity index is 2.50. The molecular formula is C14H15ClN2O. The molecule has 94 valence electrons. The molecule has 1 aromatic carbocycles. The molecule has 0 radical (unpaired) electrons. The summed E-state index contributed by atoms with van der Waals surface area (Å²) in [5.41, 5.74) is 3.25. The summed E-state index contributed by atoms with van der Waals surface area (Å²) < 4.78 is 1.63. The van der Waals surface area contributed by atoms with E-state index in [1.165, 1.54) is 6.20 Å². The number of halogens is 1. The van der Waals surface area contributed by atoms with Gasteiger partial charge in [0, 0.05) is 12.1 Å². The highest BCUT2D eigenvalue weighted by molar-refractivity contribution is 6.34. The number of aromatic nitrogens is 2. The lowest BCUT2D eigenvalue weighted by atomic mass is 10.0. The molecule has 0 aliphatic carbocycles. The molecule has 0 saturated heterocycles. The van der Waals surface area contributed by atoms with E-state index >= 15 is 0 Å². The van der Waals surface area contributed by atoms with E-state index in [0.29, 0.717) is 22.8 Å². The summed E-state index contributed by atoms with van der Waals surface area (Å²) >= 11 is 6.04. The fraction of sp³-hybridized carbons (Fsp3) is 0.286. The van der Waals surface area contributed by atoms with Crippen molar-refractivity contribution in [2.24, 2.45) is 0 Å². The highest BCUT2D eigenvalue weighted by Crippen LogP contribution is 2.20. The van der Waals surface area contributed by atoms with Crippen molar-refractivity contribution < 1.29 is 4.79 Å². The van der Waals surface area contributed by atoms with Gasteiger partial charge in [0.25, 0.3) is 0 Å². The number of nitrogens with zero attached hydrogens (tertiary/aromatic N) is 2. The lowest BCUT2D eigenvalue weighted by molar-refractivity contribution is 0.102. The van der Waals surface area contributed by atoms with Gasteiger partial charge in [-0.05, 0) is 32.9 Å². The van der Waals surface area contributed by atoms with Crippen molar-refractivity contribution >= 4 is 17.4 Å². The molecule has 0 saturated carbocycles. The Hall–Kier alpha value is -1.61. The Morgan fingerprint density at radius 2 is 1.89 bits per heavy atom. The molecular weight excluding hydrogens is 248 g/mol. The quantitative estimate of drug-likeness (QED) is 0.795. The number of hydrogen-bond donors (Lipinski definition) is 0. The second-order valence-electron chi connectivity index (χ2n) is 4.36. The van der Waals surface area contributed by atoms with Crippen LogP contribution in [0, 0.1) is 13.8 Å². The van der Waals surface area contributed by atoms with E-state index in [0.717, 1.165) is 11.1 Å². The highest BCUT2D eigenvalue weighted by atomic mass is 35.5. The lowest BCUT2D eigenvalue weighted by Gasteiger charge is -2.06. The maximum atomic E-state index is 12.5. The Labute approximate surface area is 111 Å². The topological polar surface area (TPSA) is 34.9 Å². The standard InChI is InChI=1S/C14H15ClN2O/c1-4-17-13(12(15)8-16-17)14(18)11-6-9(2)5-10(3)7-11/h5-8H,4H2,1-3H3. The van der Waals surface area contributed by atoms with Gasteiger partial charge in [0.15, 0.2) is 0 Å². The molecule has 0 bridgehead atoms. The molecule has 0 N–H and O–H groups in total. The van der Waals surface area contributed by atoms with E-state index in [9.17, 15) is 4.79 Å². The van der Waals surface area contributed by atoms with Crippen LogP contribution in [0.2, 0.25) is 5.02 Å². The zero-order valence-corrected chi connectivity index (χ0v) is 11.5. The van der Waals surface area contributed by atoms with Crippen LogP contribution in [-0.2, 0) is 6.54 Å². The molecule has 0 aliphatic rings. The Bertz CT molecular complexity index is 582. The molecule has 2 rings (SSSR count).